The van der Waals surface area contributed by atoms with E-state index in [0.717, 1.165) is 25.3 Å². The lowest BCUT2D eigenvalue weighted by Crippen LogP contribution is -2.35. The van der Waals surface area contributed by atoms with Gasteiger partial charge in [-0.15, -0.1) is 0 Å². The van der Waals surface area contributed by atoms with Crippen molar-refractivity contribution in [3.63, 3.8) is 0 Å². The highest BCUT2D eigenvalue weighted by atomic mass is 16.5. The van der Waals surface area contributed by atoms with Crippen LogP contribution in [0.5, 0.6) is 5.75 Å². The second kappa shape index (κ2) is 9.02. The maximum absolute atomic E-state index is 6.13. The third-order valence-electron chi connectivity index (χ3n) is 3.86. The SMILES string of the molecule is CCCNCC(Oc1ccc(C(C)CC)cc1)C(C)C. The van der Waals surface area contributed by atoms with E-state index in [2.05, 4.69) is 64.2 Å². The van der Waals surface area contributed by atoms with Crippen molar-refractivity contribution in [2.24, 2.45) is 5.92 Å². The fraction of sp³-hybridized carbons (Fsp3) is 0.667. The Hall–Kier alpha value is -1.02. The van der Waals surface area contributed by atoms with Gasteiger partial charge in [-0.3, -0.25) is 0 Å². The summed E-state index contributed by atoms with van der Waals surface area (Å²) in [7, 11) is 0. The molecule has 1 aromatic carbocycles. The molecular weight excluding hydrogens is 246 g/mol. The highest BCUT2D eigenvalue weighted by Gasteiger charge is 2.14. The van der Waals surface area contributed by atoms with E-state index in [4.69, 9.17) is 4.74 Å². The Balaban J connectivity index is 2.59. The van der Waals surface area contributed by atoms with Crippen molar-refractivity contribution in [2.45, 2.75) is 59.5 Å². The van der Waals surface area contributed by atoms with E-state index in [1.807, 2.05) is 0 Å². The normalized spacial score (nSPS) is 14.3. The topological polar surface area (TPSA) is 21.3 Å². The Morgan fingerprint density at radius 3 is 2.20 bits per heavy atom. The second-order valence-electron chi connectivity index (χ2n) is 5.98. The summed E-state index contributed by atoms with van der Waals surface area (Å²) >= 11 is 0. The summed E-state index contributed by atoms with van der Waals surface area (Å²) < 4.78 is 6.13. The van der Waals surface area contributed by atoms with Gasteiger partial charge in [-0.25, -0.2) is 0 Å². The number of benzene rings is 1. The van der Waals surface area contributed by atoms with Crippen LogP contribution in [0.25, 0.3) is 0 Å². The van der Waals surface area contributed by atoms with E-state index in [-0.39, 0.29) is 6.10 Å². The molecule has 1 rings (SSSR count). The van der Waals surface area contributed by atoms with Crippen LogP contribution in [0, 0.1) is 5.92 Å². The summed E-state index contributed by atoms with van der Waals surface area (Å²) in [4.78, 5) is 0. The molecule has 0 aliphatic rings. The summed E-state index contributed by atoms with van der Waals surface area (Å²) in [6.45, 7) is 13.1. The Morgan fingerprint density at radius 1 is 1.05 bits per heavy atom. The van der Waals surface area contributed by atoms with Crippen molar-refractivity contribution >= 4 is 0 Å². The van der Waals surface area contributed by atoms with Gasteiger partial charge < -0.3 is 10.1 Å². The molecule has 0 heterocycles. The van der Waals surface area contributed by atoms with E-state index >= 15 is 0 Å². The van der Waals surface area contributed by atoms with Crippen molar-refractivity contribution in [3.05, 3.63) is 29.8 Å². The number of hydrogen-bond donors (Lipinski definition) is 1. The molecule has 0 bridgehead atoms. The van der Waals surface area contributed by atoms with Crippen LogP contribution >= 0.6 is 0 Å². The highest BCUT2D eigenvalue weighted by molar-refractivity contribution is 5.29. The van der Waals surface area contributed by atoms with Gasteiger partial charge >= 0.3 is 0 Å². The van der Waals surface area contributed by atoms with Crippen molar-refractivity contribution in [3.8, 4) is 5.75 Å². The smallest absolute Gasteiger partial charge is 0.119 e. The van der Waals surface area contributed by atoms with Gasteiger partial charge in [0.1, 0.15) is 11.9 Å². The van der Waals surface area contributed by atoms with E-state index in [1.165, 1.54) is 12.0 Å². The van der Waals surface area contributed by atoms with Crippen LogP contribution in [-0.4, -0.2) is 19.2 Å². The first kappa shape index (κ1) is 17.0. The van der Waals surface area contributed by atoms with Crippen molar-refractivity contribution in [1.82, 2.24) is 5.32 Å². The van der Waals surface area contributed by atoms with Crippen molar-refractivity contribution < 1.29 is 4.74 Å². The van der Waals surface area contributed by atoms with Gasteiger partial charge in [0.25, 0.3) is 0 Å². The molecule has 0 aliphatic heterocycles. The number of nitrogens with one attached hydrogen (secondary N) is 1. The molecule has 114 valence electrons. The quantitative estimate of drug-likeness (QED) is 0.666. The minimum Gasteiger partial charge on any atom is -0.489 e. The average Bonchev–Trinajstić information content (AvgIpc) is 2.46. The molecule has 1 N–H and O–H groups in total. The zero-order chi connectivity index (χ0) is 15.0. The maximum atomic E-state index is 6.13. The number of rotatable bonds is 9. The Kier molecular flexibility index (Phi) is 7.68. The Labute approximate surface area is 124 Å². The molecule has 0 saturated heterocycles. The largest absolute Gasteiger partial charge is 0.489 e. The van der Waals surface area contributed by atoms with Crippen LogP contribution in [0.3, 0.4) is 0 Å². The molecule has 2 heteroatoms. The van der Waals surface area contributed by atoms with Crippen LogP contribution in [0.1, 0.15) is 58.9 Å². The first-order chi connectivity index (χ1) is 9.58. The van der Waals surface area contributed by atoms with E-state index in [9.17, 15) is 0 Å². The van der Waals surface area contributed by atoms with Gasteiger partial charge in [0, 0.05) is 6.54 Å². The molecule has 0 aliphatic carbocycles. The summed E-state index contributed by atoms with van der Waals surface area (Å²) in [5.41, 5.74) is 1.39. The molecule has 0 aromatic heterocycles. The molecule has 0 amide bonds. The predicted molar refractivity (Wildman–Crippen MR) is 87.6 cm³/mol. The minimum atomic E-state index is 0.232. The zero-order valence-corrected chi connectivity index (χ0v) is 13.8. The van der Waals surface area contributed by atoms with Gasteiger partial charge in [0.15, 0.2) is 0 Å². The summed E-state index contributed by atoms with van der Waals surface area (Å²) in [6.07, 6.45) is 2.57. The van der Waals surface area contributed by atoms with Crippen LogP contribution in [0.4, 0.5) is 0 Å². The molecule has 2 unspecified atom stereocenters. The summed E-state index contributed by atoms with van der Waals surface area (Å²) in [5, 5.41) is 3.45. The van der Waals surface area contributed by atoms with Crippen molar-refractivity contribution in [2.75, 3.05) is 13.1 Å². The first-order valence-electron chi connectivity index (χ1n) is 8.05. The van der Waals surface area contributed by atoms with Crippen LogP contribution in [0.15, 0.2) is 24.3 Å². The zero-order valence-electron chi connectivity index (χ0n) is 13.8. The van der Waals surface area contributed by atoms with Crippen LogP contribution in [-0.2, 0) is 0 Å². The molecule has 0 fully saturated rings. The van der Waals surface area contributed by atoms with Gasteiger partial charge in [-0.05, 0) is 48.9 Å². The molecule has 0 saturated carbocycles. The molecule has 1 aromatic rings. The molecule has 2 nitrogen and oxygen atoms in total. The summed E-state index contributed by atoms with van der Waals surface area (Å²) in [6, 6.07) is 8.61. The fourth-order valence-corrected chi connectivity index (χ4v) is 2.12. The molecule has 2 atom stereocenters. The molecule has 0 radical (unpaired) electrons. The van der Waals surface area contributed by atoms with Gasteiger partial charge in [-0.2, -0.15) is 0 Å². The average molecular weight is 277 g/mol. The molecular formula is C18H31NO. The van der Waals surface area contributed by atoms with E-state index in [1.54, 1.807) is 0 Å². The number of hydrogen-bond acceptors (Lipinski definition) is 2. The van der Waals surface area contributed by atoms with Gasteiger partial charge in [0.05, 0.1) is 0 Å². The van der Waals surface area contributed by atoms with Crippen LogP contribution in [0.2, 0.25) is 0 Å². The monoisotopic (exact) mass is 277 g/mol. The highest BCUT2D eigenvalue weighted by Crippen LogP contribution is 2.22. The molecule has 0 spiro atoms. The molecule has 20 heavy (non-hydrogen) atoms. The van der Waals surface area contributed by atoms with Crippen LogP contribution < -0.4 is 10.1 Å². The number of ether oxygens (including phenoxy) is 1. The lowest BCUT2D eigenvalue weighted by Gasteiger charge is -2.23. The standard InChI is InChI=1S/C18H31NO/c1-6-12-19-13-18(14(3)4)20-17-10-8-16(9-11-17)15(5)7-2/h8-11,14-15,18-19H,6-7,12-13H2,1-5H3. The Bertz CT molecular complexity index is 358. The van der Waals surface area contributed by atoms with Crippen molar-refractivity contribution in [1.29, 1.82) is 0 Å². The lowest BCUT2D eigenvalue weighted by molar-refractivity contribution is 0.149. The maximum Gasteiger partial charge on any atom is 0.119 e. The fourth-order valence-electron chi connectivity index (χ4n) is 2.12. The van der Waals surface area contributed by atoms with Gasteiger partial charge in [0.2, 0.25) is 0 Å². The van der Waals surface area contributed by atoms with E-state index in [0.29, 0.717) is 11.8 Å². The van der Waals surface area contributed by atoms with Gasteiger partial charge in [-0.1, -0.05) is 46.8 Å². The first-order valence-corrected chi connectivity index (χ1v) is 8.05. The third kappa shape index (κ3) is 5.54. The summed E-state index contributed by atoms with van der Waals surface area (Å²) in [5.74, 6) is 2.11. The Morgan fingerprint density at radius 2 is 1.70 bits per heavy atom. The van der Waals surface area contributed by atoms with E-state index < -0.39 is 0 Å². The second-order valence-corrected chi connectivity index (χ2v) is 5.98. The third-order valence-corrected chi connectivity index (χ3v) is 3.86. The lowest BCUT2D eigenvalue weighted by atomic mass is 9.99. The minimum absolute atomic E-state index is 0.232. The predicted octanol–water partition coefficient (Wildman–Crippen LogP) is 4.60.